The van der Waals surface area contributed by atoms with Crippen molar-refractivity contribution in [3.63, 3.8) is 0 Å². The summed E-state index contributed by atoms with van der Waals surface area (Å²) >= 11 is 0. The van der Waals surface area contributed by atoms with Crippen LogP contribution in [-0.2, 0) is 11.2 Å². The van der Waals surface area contributed by atoms with Gasteiger partial charge in [0.25, 0.3) is 0 Å². The van der Waals surface area contributed by atoms with Crippen LogP contribution >= 0.6 is 0 Å². The third-order valence-corrected chi connectivity index (χ3v) is 8.82. The number of nitrogens with zero attached hydrogens (tertiary/aromatic N) is 5. The van der Waals surface area contributed by atoms with Gasteiger partial charge < -0.3 is 26.3 Å². The molecule has 5 N–H and O–H groups in total. The van der Waals surface area contributed by atoms with Crippen LogP contribution in [0.25, 0.3) is 0 Å². The molecule has 2 aromatic rings. The second-order valence-electron chi connectivity index (χ2n) is 11.6. The summed E-state index contributed by atoms with van der Waals surface area (Å²) in [5, 5.41) is 6.86. The number of anilines is 2. The number of carbonyl (C=O) groups is 1. The summed E-state index contributed by atoms with van der Waals surface area (Å²) in [5.41, 5.74) is 7.06. The standard InChI is InChI=1S/C29H47N9O/c30-24(19-22-20-31-21-34-22)28(39)32-14-12-26-25(11-8-18-38(26)23-9-4-3-5-10-23)35-29-33-15-13-27(36-29)37-16-6-1-2-7-17-37/h13,15,20-21,23-26H,1-12,14,16-19,30H2,(H,31,34)(H,32,39)(H,33,35,36)/t24-,25?,26?/m0/s1. The Morgan fingerprint density at radius 1 is 1.05 bits per heavy atom. The Bertz CT molecular complexity index is 1000. The fraction of sp³-hybridized carbons (Fsp3) is 0.724. The lowest BCUT2D eigenvalue weighted by atomic mass is 9.87. The van der Waals surface area contributed by atoms with Gasteiger partial charge in [-0.3, -0.25) is 9.69 Å². The minimum Gasteiger partial charge on any atom is -0.356 e. The number of aromatic nitrogens is 4. The van der Waals surface area contributed by atoms with Gasteiger partial charge in [0, 0.05) is 62.3 Å². The molecule has 1 amide bonds. The first-order valence-corrected chi connectivity index (χ1v) is 15.3. The average molecular weight is 538 g/mol. The van der Waals surface area contributed by atoms with Crippen molar-refractivity contribution in [2.45, 2.75) is 108 Å². The highest BCUT2D eigenvalue weighted by molar-refractivity contribution is 5.81. The molecule has 0 radical (unpaired) electrons. The van der Waals surface area contributed by atoms with Crippen molar-refractivity contribution in [3.8, 4) is 0 Å². The fourth-order valence-corrected chi connectivity index (χ4v) is 6.75. The summed E-state index contributed by atoms with van der Waals surface area (Å²) in [4.78, 5) is 34.5. The summed E-state index contributed by atoms with van der Waals surface area (Å²) in [6, 6.07) is 2.64. The van der Waals surface area contributed by atoms with E-state index >= 15 is 0 Å². The van der Waals surface area contributed by atoms with Crippen molar-refractivity contribution in [1.82, 2.24) is 30.2 Å². The number of piperidine rings is 1. The molecule has 2 unspecified atom stereocenters. The van der Waals surface area contributed by atoms with Gasteiger partial charge in [-0.15, -0.1) is 0 Å². The maximum absolute atomic E-state index is 12.8. The fourth-order valence-electron chi connectivity index (χ4n) is 6.75. The zero-order chi connectivity index (χ0) is 26.9. The van der Waals surface area contributed by atoms with Crippen molar-refractivity contribution in [3.05, 3.63) is 30.5 Å². The molecule has 1 saturated carbocycles. The molecule has 4 heterocycles. The molecular formula is C29H47N9O. The van der Waals surface area contributed by atoms with Crippen LogP contribution in [0.4, 0.5) is 11.8 Å². The molecule has 0 bridgehead atoms. The first-order valence-electron chi connectivity index (χ1n) is 15.3. The minimum absolute atomic E-state index is 0.109. The van der Waals surface area contributed by atoms with E-state index in [9.17, 15) is 4.79 Å². The van der Waals surface area contributed by atoms with Crippen LogP contribution in [0.2, 0.25) is 0 Å². The number of nitrogens with one attached hydrogen (secondary N) is 3. The number of hydrogen-bond acceptors (Lipinski definition) is 8. The van der Waals surface area contributed by atoms with Gasteiger partial charge in [0.1, 0.15) is 5.82 Å². The van der Waals surface area contributed by atoms with Crippen molar-refractivity contribution < 1.29 is 4.79 Å². The molecule has 1 aliphatic carbocycles. The smallest absolute Gasteiger partial charge is 0.237 e. The summed E-state index contributed by atoms with van der Waals surface area (Å²) in [7, 11) is 0. The quantitative estimate of drug-likeness (QED) is 0.364. The predicted octanol–water partition coefficient (Wildman–Crippen LogP) is 3.23. The van der Waals surface area contributed by atoms with Gasteiger partial charge in [-0.2, -0.15) is 4.98 Å². The van der Waals surface area contributed by atoms with E-state index in [1.807, 2.05) is 12.3 Å². The summed E-state index contributed by atoms with van der Waals surface area (Å²) in [5.74, 6) is 1.65. The van der Waals surface area contributed by atoms with E-state index in [4.69, 9.17) is 10.7 Å². The predicted molar refractivity (Wildman–Crippen MR) is 155 cm³/mol. The summed E-state index contributed by atoms with van der Waals surface area (Å²) < 4.78 is 0. The molecule has 39 heavy (non-hydrogen) atoms. The Balaban J connectivity index is 1.24. The number of aromatic amines is 1. The number of rotatable bonds is 10. The highest BCUT2D eigenvalue weighted by Gasteiger charge is 2.36. The van der Waals surface area contributed by atoms with E-state index < -0.39 is 6.04 Å². The molecule has 0 spiro atoms. The number of likely N-dealkylation sites (tertiary alicyclic amines) is 1. The van der Waals surface area contributed by atoms with E-state index in [0.717, 1.165) is 56.4 Å². The minimum atomic E-state index is -0.588. The van der Waals surface area contributed by atoms with Gasteiger partial charge in [-0.1, -0.05) is 32.1 Å². The first kappa shape index (κ1) is 27.8. The SMILES string of the molecule is N[C@@H](Cc1cnc[nH]1)C(=O)NCCC1C(Nc2nccc(N3CCCCCC3)n2)CCCN1C1CCCCC1. The molecule has 214 valence electrons. The molecule has 2 aliphatic heterocycles. The maximum atomic E-state index is 12.8. The zero-order valence-corrected chi connectivity index (χ0v) is 23.4. The molecule has 0 aromatic carbocycles. The lowest BCUT2D eigenvalue weighted by molar-refractivity contribution is -0.122. The van der Waals surface area contributed by atoms with Crippen molar-refractivity contribution >= 4 is 17.7 Å². The molecule has 5 rings (SSSR count). The molecule has 10 heteroatoms. The van der Waals surface area contributed by atoms with Crippen LogP contribution in [0.3, 0.4) is 0 Å². The molecule has 3 atom stereocenters. The van der Waals surface area contributed by atoms with Crippen LogP contribution in [0.1, 0.15) is 82.7 Å². The molecular weight excluding hydrogens is 490 g/mol. The Morgan fingerprint density at radius 3 is 2.62 bits per heavy atom. The number of amides is 1. The molecule has 10 nitrogen and oxygen atoms in total. The van der Waals surface area contributed by atoms with Crippen LogP contribution in [0.15, 0.2) is 24.8 Å². The largest absolute Gasteiger partial charge is 0.356 e. The second kappa shape index (κ2) is 14.1. The van der Waals surface area contributed by atoms with Crippen molar-refractivity contribution in [2.24, 2.45) is 5.73 Å². The highest BCUT2D eigenvalue weighted by atomic mass is 16.2. The molecule has 2 saturated heterocycles. The topological polar surface area (TPSA) is 128 Å². The molecule has 3 fully saturated rings. The van der Waals surface area contributed by atoms with Crippen LogP contribution in [0, 0.1) is 0 Å². The van der Waals surface area contributed by atoms with Gasteiger partial charge in [-0.25, -0.2) is 9.97 Å². The van der Waals surface area contributed by atoms with Gasteiger partial charge in [0.15, 0.2) is 0 Å². The number of imidazole rings is 1. The average Bonchev–Trinajstić information content (AvgIpc) is 3.32. The number of carbonyl (C=O) groups excluding carboxylic acids is 1. The van der Waals surface area contributed by atoms with E-state index in [-0.39, 0.29) is 11.9 Å². The van der Waals surface area contributed by atoms with Gasteiger partial charge >= 0.3 is 0 Å². The van der Waals surface area contributed by atoms with Gasteiger partial charge in [-0.05, 0) is 57.6 Å². The van der Waals surface area contributed by atoms with Crippen LogP contribution < -0.4 is 21.3 Å². The highest BCUT2D eigenvalue weighted by Crippen LogP contribution is 2.31. The third-order valence-electron chi connectivity index (χ3n) is 8.82. The second-order valence-corrected chi connectivity index (χ2v) is 11.6. The molecule has 2 aromatic heterocycles. The number of H-pyrrole nitrogens is 1. The van der Waals surface area contributed by atoms with Crippen molar-refractivity contribution in [1.29, 1.82) is 0 Å². The lowest BCUT2D eigenvalue weighted by Gasteiger charge is -2.47. The van der Waals surface area contributed by atoms with Gasteiger partial charge in [0.2, 0.25) is 11.9 Å². The van der Waals surface area contributed by atoms with E-state index in [1.54, 1.807) is 12.5 Å². The summed E-state index contributed by atoms with van der Waals surface area (Å²) in [6.07, 6.45) is 20.4. The number of nitrogens with two attached hydrogens (primary N) is 1. The Morgan fingerprint density at radius 2 is 1.85 bits per heavy atom. The zero-order valence-electron chi connectivity index (χ0n) is 23.4. The lowest BCUT2D eigenvalue weighted by Crippen LogP contribution is -2.56. The van der Waals surface area contributed by atoms with E-state index in [0.29, 0.717) is 25.0 Å². The third kappa shape index (κ3) is 7.69. The van der Waals surface area contributed by atoms with E-state index in [2.05, 4.69) is 35.4 Å². The van der Waals surface area contributed by atoms with Crippen LogP contribution in [0.5, 0.6) is 0 Å². The van der Waals surface area contributed by atoms with Crippen molar-refractivity contribution in [2.75, 3.05) is 36.4 Å². The Kier molecular flexibility index (Phi) is 10.0. The normalized spacial score (nSPS) is 24.2. The first-order chi connectivity index (χ1) is 19.2. The Labute approximate surface area is 232 Å². The number of hydrogen-bond donors (Lipinski definition) is 4. The Hall–Kier alpha value is -2.72. The van der Waals surface area contributed by atoms with E-state index in [1.165, 1.54) is 57.8 Å². The molecule has 3 aliphatic rings. The van der Waals surface area contributed by atoms with Crippen LogP contribution in [-0.4, -0.2) is 81.1 Å². The summed E-state index contributed by atoms with van der Waals surface area (Å²) in [6.45, 7) is 3.87. The monoisotopic (exact) mass is 537 g/mol. The van der Waals surface area contributed by atoms with Gasteiger partial charge in [0.05, 0.1) is 12.4 Å². The maximum Gasteiger partial charge on any atom is 0.237 e.